The third kappa shape index (κ3) is 2.72. The van der Waals surface area contributed by atoms with E-state index in [1.165, 1.54) is 12.3 Å². The molecule has 4 aromatic rings. The van der Waals surface area contributed by atoms with Gasteiger partial charge in [-0.15, -0.1) is 0 Å². The van der Waals surface area contributed by atoms with Gasteiger partial charge in [0, 0.05) is 12.4 Å². The van der Waals surface area contributed by atoms with E-state index in [9.17, 15) is 9.18 Å². The van der Waals surface area contributed by atoms with E-state index in [-0.39, 0.29) is 5.56 Å². The Kier molecular flexibility index (Phi) is 3.66. The van der Waals surface area contributed by atoms with Crippen molar-refractivity contribution in [2.45, 2.75) is 0 Å². The minimum Gasteiger partial charge on any atom is -0.306 e. The van der Waals surface area contributed by atoms with Crippen LogP contribution in [0.15, 0.2) is 61.1 Å². The van der Waals surface area contributed by atoms with Crippen LogP contribution in [-0.2, 0) is 0 Å². The van der Waals surface area contributed by atoms with Crippen molar-refractivity contribution in [3.05, 3.63) is 72.4 Å². The molecule has 0 aliphatic heterocycles. The molecule has 0 aliphatic rings. The van der Waals surface area contributed by atoms with E-state index in [0.717, 1.165) is 17.3 Å². The minimum absolute atomic E-state index is 0.0945. The van der Waals surface area contributed by atoms with Crippen LogP contribution in [0.25, 0.3) is 22.2 Å². The monoisotopic (exact) mass is 333 g/mol. The fourth-order valence-electron chi connectivity index (χ4n) is 2.64. The minimum atomic E-state index is -0.690. The number of aromatic amines is 1. The van der Waals surface area contributed by atoms with Crippen LogP contribution < -0.4 is 5.32 Å². The average molecular weight is 333 g/mol. The zero-order valence-corrected chi connectivity index (χ0v) is 12.9. The summed E-state index contributed by atoms with van der Waals surface area (Å²) < 4.78 is 13.8. The van der Waals surface area contributed by atoms with Gasteiger partial charge in [-0.1, -0.05) is 30.3 Å². The van der Waals surface area contributed by atoms with Gasteiger partial charge in [-0.2, -0.15) is 5.10 Å². The number of H-pyrrole nitrogens is 1. The third-order valence-electron chi connectivity index (χ3n) is 3.79. The standard InChI is InChI=1S/C18H12FN5O/c19-14-10-20-8-6-13(14)18(25)22-17-15-12(11-4-2-1-3-5-11)7-9-21-16(15)23-24-17/h1-10H,(H2,21,22,23,24,25). The summed E-state index contributed by atoms with van der Waals surface area (Å²) in [6.07, 6.45) is 4.01. The Bertz CT molecular complexity index is 1060. The van der Waals surface area contributed by atoms with Crippen LogP contribution in [0.5, 0.6) is 0 Å². The maximum Gasteiger partial charge on any atom is 0.259 e. The van der Waals surface area contributed by atoms with Gasteiger partial charge >= 0.3 is 0 Å². The Morgan fingerprint density at radius 1 is 1.08 bits per heavy atom. The van der Waals surface area contributed by atoms with Crippen LogP contribution in [0, 0.1) is 5.82 Å². The zero-order valence-electron chi connectivity index (χ0n) is 12.9. The fraction of sp³-hybridized carbons (Fsp3) is 0. The number of fused-ring (bicyclic) bond motifs is 1. The van der Waals surface area contributed by atoms with Gasteiger partial charge in [0.15, 0.2) is 11.5 Å². The van der Waals surface area contributed by atoms with Crippen molar-refractivity contribution in [3.63, 3.8) is 0 Å². The number of pyridine rings is 2. The highest BCUT2D eigenvalue weighted by Crippen LogP contribution is 2.31. The van der Waals surface area contributed by atoms with E-state index in [0.29, 0.717) is 16.9 Å². The molecule has 0 spiro atoms. The van der Waals surface area contributed by atoms with Crippen LogP contribution in [0.2, 0.25) is 0 Å². The van der Waals surface area contributed by atoms with Gasteiger partial charge in [0.25, 0.3) is 5.91 Å². The normalized spacial score (nSPS) is 10.8. The number of rotatable bonds is 3. The second-order valence-electron chi connectivity index (χ2n) is 5.33. The Balaban J connectivity index is 1.79. The van der Waals surface area contributed by atoms with Crippen molar-refractivity contribution in [2.24, 2.45) is 0 Å². The number of nitrogens with one attached hydrogen (secondary N) is 2. The molecule has 3 heterocycles. The number of anilines is 1. The first kappa shape index (κ1) is 14.9. The topological polar surface area (TPSA) is 83.6 Å². The number of nitrogens with zero attached hydrogens (tertiary/aromatic N) is 3. The molecule has 0 saturated heterocycles. The lowest BCUT2D eigenvalue weighted by Crippen LogP contribution is -2.14. The van der Waals surface area contributed by atoms with Gasteiger partial charge < -0.3 is 5.32 Å². The molecule has 6 nitrogen and oxygen atoms in total. The molecule has 0 atom stereocenters. The summed E-state index contributed by atoms with van der Waals surface area (Å²) in [7, 11) is 0. The number of carbonyl (C=O) groups is 1. The molecule has 0 unspecified atom stereocenters. The maximum absolute atomic E-state index is 13.8. The lowest BCUT2D eigenvalue weighted by atomic mass is 10.0. The molecule has 0 bridgehead atoms. The first-order chi connectivity index (χ1) is 12.2. The molecule has 7 heteroatoms. The second kappa shape index (κ2) is 6.12. The maximum atomic E-state index is 13.8. The SMILES string of the molecule is O=C(Nc1[nH]nc2nccc(-c3ccccc3)c12)c1ccncc1F. The summed E-state index contributed by atoms with van der Waals surface area (Å²) in [5.74, 6) is -0.915. The first-order valence-electron chi connectivity index (χ1n) is 7.53. The van der Waals surface area contributed by atoms with E-state index in [1.807, 2.05) is 36.4 Å². The van der Waals surface area contributed by atoms with Gasteiger partial charge in [-0.25, -0.2) is 9.37 Å². The Morgan fingerprint density at radius 2 is 1.92 bits per heavy atom. The summed E-state index contributed by atoms with van der Waals surface area (Å²) in [5, 5.41) is 10.2. The van der Waals surface area contributed by atoms with E-state index in [1.54, 1.807) is 6.20 Å². The lowest BCUT2D eigenvalue weighted by molar-refractivity contribution is 0.102. The van der Waals surface area contributed by atoms with Gasteiger partial charge in [0.1, 0.15) is 5.82 Å². The number of amides is 1. The number of hydrogen-bond acceptors (Lipinski definition) is 4. The molecule has 3 aromatic heterocycles. The van der Waals surface area contributed by atoms with Gasteiger partial charge in [0.05, 0.1) is 17.1 Å². The average Bonchev–Trinajstić information content (AvgIpc) is 3.06. The predicted octanol–water partition coefficient (Wildman–Crippen LogP) is 3.41. The molecule has 4 rings (SSSR count). The predicted molar refractivity (Wildman–Crippen MR) is 91.5 cm³/mol. The van der Waals surface area contributed by atoms with E-state index in [2.05, 4.69) is 25.5 Å². The highest BCUT2D eigenvalue weighted by Gasteiger charge is 2.17. The molecule has 0 fully saturated rings. The number of benzene rings is 1. The summed E-state index contributed by atoms with van der Waals surface area (Å²) in [5.41, 5.74) is 2.20. The van der Waals surface area contributed by atoms with Crippen molar-refractivity contribution in [3.8, 4) is 11.1 Å². The highest BCUT2D eigenvalue weighted by molar-refractivity contribution is 6.10. The summed E-state index contributed by atoms with van der Waals surface area (Å²) in [6, 6.07) is 12.8. The second-order valence-corrected chi connectivity index (χ2v) is 5.33. The molecule has 0 aliphatic carbocycles. The third-order valence-corrected chi connectivity index (χ3v) is 3.79. The van der Waals surface area contributed by atoms with Crippen LogP contribution in [0.3, 0.4) is 0 Å². The molecule has 25 heavy (non-hydrogen) atoms. The van der Waals surface area contributed by atoms with Gasteiger partial charge in [-0.3, -0.25) is 14.9 Å². The van der Waals surface area contributed by atoms with Crippen LogP contribution in [0.1, 0.15) is 10.4 Å². The van der Waals surface area contributed by atoms with Crippen molar-refractivity contribution in [1.29, 1.82) is 0 Å². The fourth-order valence-corrected chi connectivity index (χ4v) is 2.64. The first-order valence-corrected chi connectivity index (χ1v) is 7.53. The zero-order chi connectivity index (χ0) is 17.2. The highest BCUT2D eigenvalue weighted by atomic mass is 19.1. The Hall–Kier alpha value is -3.61. The Labute approximate surface area is 141 Å². The molecule has 1 amide bonds. The van der Waals surface area contributed by atoms with Crippen molar-refractivity contribution in [1.82, 2.24) is 20.2 Å². The van der Waals surface area contributed by atoms with E-state index < -0.39 is 11.7 Å². The molecular formula is C18H12FN5O. The Morgan fingerprint density at radius 3 is 2.72 bits per heavy atom. The molecular weight excluding hydrogens is 321 g/mol. The number of hydrogen-bond donors (Lipinski definition) is 2. The molecule has 1 aromatic carbocycles. The van der Waals surface area contributed by atoms with E-state index in [4.69, 9.17) is 0 Å². The molecule has 2 N–H and O–H groups in total. The molecule has 0 radical (unpaired) electrons. The summed E-state index contributed by atoms with van der Waals surface area (Å²) >= 11 is 0. The molecule has 122 valence electrons. The molecule has 0 saturated carbocycles. The van der Waals surface area contributed by atoms with Crippen molar-refractivity contribution in [2.75, 3.05) is 5.32 Å². The van der Waals surface area contributed by atoms with Crippen LogP contribution in [-0.4, -0.2) is 26.1 Å². The van der Waals surface area contributed by atoms with Crippen molar-refractivity contribution < 1.29 is 9.18 Å². The van der Waals surface area contributed by atoms with Crippen LogP contribution in [0.4, 0.5) is 10.2 Å². The van der Waals surface area contributed by atoms with Gasteiger partial charge in [0.2, 0.25) is 0 Å². The summed E-state index contributed by atoms with van der Waals surface area (Å²) in [4.78, 5) is 20.2. The van der Waals surface area contributed by atoms with Crippen molar-refractivity contribution >= 4 is 22.8 Å². The summed E-state index contributed by atoms with van der Waals surface area (Å²) in [6.45, 7) is 0. The quantitative estimate of drug-likeness (QED) is 0.602. The lowest BCUT2D eigenvalue weighted by Gasteiger charge is -2.07. The number of halogens is 1. The smallest absolute Gasteiger partial charge is 0.259 e. The largest absolute Gasteiger partial charge is 0.306 e. The van der Waals surface area contributed by atoms with E-state index >= 15 is 0 Å². The van der Waals surface area contributed by atoms with Gasteiger partial charge in [-0.05, 0) is 23.3 Å². The number of aromatic nitrogens is 4. The number of carbonyl (C=O) groups excluding carboxylic acids is 1. The van der Waals surface area contributed by atoms with Crippen LogP contribution >= 0.6 is 0 Å².